The van der Waals surface area contributed by atoms with E-state index in [1.54, 1.807) is 13.0 Å². The van der Waals surface area contributed by atoms with Gasteiger partial charge >= 0.3 is 0 Å². The molecule has 1 aliphatic heterocycles. The number of rotatable bonds is 2. The third kappa shape index (κ3) is 2.13. The number of halogens is 1. The number of benzene rings is 1. The fourth-order valence-electron chi connectivity index (χ4n) is 1.71. The van der Waals surface area contributed by atoms with Gasteiger partial charge in [0.25, 0.3) is 0 Å². The molecule has 2 nitrogen and oxygen atoms in total. The minimum absolute atomic E-state index is 0.127. The summed E-state index contributed by atoms with van der Waals surface area (Å²) in [4.78, 5) is 11.9. The normalized spacial score (nSPS) is 15.2. The fraction of sp³-hybridized carbons (Fsp3) is 0.308. The highest BCUT2D eigenvalue weighted by atomic mass is 19.1. The third-order valence-electron chi connectivity index (χ3n) is 2.59. The maximum Gasteiger partial charge on any atom is 0.195 e. The Hall–Kier alpha value is -1.64. The van der Waals surface area contributed by atoms with Crippen molar-refractivity contribution in [2.75, 3.05) is 6.61 Å². The van der Waals surface area contributed by atoms with Crippen LogP contribution in [0.15, 0.2) is 30.0 Å². The van der Waals surface area contributed by atoms with Crippen molar-refractivity contribution in [2.24, 2.45) is 0 Å². The maximum absolute atomic E-state index is 13.6. The Morgan fingerprint density at radius 3 is 2.88 bits per heavy atom. The van der Waals surface area contributed by atoms with Crippen LogP contribution in [0.1, 0.15) is 28.8 Å². The second-order valence-corrected chi connectivity index (χ2v) is 3.93. The molecule has 0 spiro atoms. The summed E-state index contributed by atoms with van der Waals surface area (Å²) in [6, 6.07) is 4.64. The first-order valence-corrected chi connectivity index (χ1v) is 5.30. The van der Waals surface area contributed by atoms with Crippen LogP contribution in [0.25, 0.3) is 0 Å². The van der Waals surface area contributed by atoms with Crippen LogP contribution >= 0.6 is 0 Å². The number of allylic oxidation sites excluding steroid dienone is 1. The minimum Gasteiger partial charge on any atom is -0.501 e. The SMILES string of the molecule is Cc1ccc(C(=O)C2=COCCC2)c(F)c1. The lowest BCUT2D eigenvalue weighted by molar-refractivity contribution is 0.101. The fourth-order valence-corrected chi connectivity index (χ4v) is 1.71. The Labute approximate surface area is 93.7 Å². The van der Waals surface area contributed by atoms with Crippen LogP contribution in [0.5, 0.6) is 0 Å². The van der Waals surface area contributed by atoms with E-state index in [1.165, 1.54) is 18.4 Å². The van der Waals surface area contributed by atoms with Gasteiger partial charge in [-0.2, -0.15) is 0 Å². The van der Waals surface area contributed by atoms with Gasteiger partial charge in [-0.1, -0.05) is 6.07 Å². The lowest BCUT2D eigenvalue weighted by atomic mass is 9.98. The quantitative estimate of drug-likeness (QED) is 0.716. The van der Waals surface area contributed by atoms with Gasteiger partial charge in [0.1, 0.15) is 5.82 Å². The zero-order chi connectivity index (χ0) is 11.5. The van der Waals surface area contributed by atoms with Crippen molar-refractivity contribution in [1.29, 1.82) is 0 Å². The molecule has 0 aliphatic carbocycles. The van der Waals surface area contributed by atoms with E-state index >= 15 is 0 Å². The summed E-state index contributed by atoms with van der Waals surface area (Å²) < 4.78 is 18.6. The van der Waals surface area contributed by atoms with Crippen LogP contribution < -0.4 is 0 Å². The zero-order valence-corrected chi connectivity index (χ0v) is 9.13. The van der Waals surface area contributed by atoms with Crippen LogP contribution in [0.4, 0.5) is 4.39 Å². The van der Waals surface area contributed by atoms with Crippen LogP contribution in [-0.4, -0.2) is 12.4 Å². The largest absolute Gasteiger partial charge is 0.501 e. The van der Waals surface area contributed by atoms with E-state index in [0.29, 0.717) is 18.6 Å². The standard InChI is InChI=1S/C13H13FO2/c1-9-4-5-11(12(14)7-9)13(15)10-3-2-6-16-8-10/h4-5,7-8H,2-3,6H2,1H3. The Morgan fingerprint density at radius 2 is 2.25 bits per heavy atom. The smallest absolute Gasteiger partial charge is 0.195 e. The average molecular weight is 220 g/mol. The summed E-state index contributed by atoms with van der Waals surface area (Å²) in [5.74, 6) is -0.728. The first-order chi connectivity index (χ1) is 7.68. The third-order valence-corrected chi connectivity index (χ3v) is 2.59. The Morgan fingerprint density at radius 1 is 1.44 bits per heavy atom. The molecule has 0 saturated carbocycles. The second kappa shape index (κ2) is 4.47. The Kier molecular flexibility index (Phi) is 3.04. The Bertz CT molecular complexity index is 449. The molecular weight excluding hydrogens is 207 g/mol. The molecule has 2 rings (SSSR count). The molecule has 1 aliphatic rings. The van der Waals surface area contributed by atoms with Gasteiger partial charge in [-0.15, -0.1) is 0 Å². The summed E-state index contributed by atoms with van der Waals surface area (Å²) in [5.41, 5.74) is 1.49. The van der Waals surface area contributed by atoms with Gasteiger partial charge in [-0.05, 0) is 37.5 Å². The summed E-state index contributed by atoms with van der Waals surface area (Å²) in [6.45, 7) is 2.42. The molecule has 0 atom stereocenters. The first kappa shape index (κ1) is 10.9. The van der Waals surface area contributed by atoms with Crippen molar-refractivity contribution in [3.63, 3.8) is 0 Å². The summed E-state index contributed by atoms with van der Waals surface area (Å²) in [6.07, 6.45) is 2.92. The number of hydrogen-bond acceptors (Lipinski definition) is 2. The Balaban J connectivity index is 2.30. The van der Waals surface area contributed by atoms with E-state index in [9.17, 15) is 9.18 Å². The van der Waals surface area contributed by atoms with E-state index in [-0.39, 0.29) is 11.3 Å². The van der Waals surface area contributed by atoms with Crippen molar-refractivity contribution in [1.82, 2.24) is 0 Å². The van der Waals surface area contributed by atoms with Gasteiger partial charge < -0.3 is 4.74 Å². The molecule has 3 heteroatoms. The van der Waals surface area contributed by atoms with Crippen LogP contribution in [-0.2, 0) is 4.74 Å². The topological polar surface area (TPSA) is 26.3 Å². The molecule has 0 aromatic heterocycles. The predicted octanol–water partition coefficient (Wildman–Crippen LogP) is 3.01. The first-order valence-electron chi connectivity index (χ1n) is 5.30. The van der Waals surface area contributed by atoms with Gasteiger partial charge in [0.05, 0.1) is 18.4 Å². The maximum atomic E-state index is 13.6. The summed E-state index contributed by atoms with van der Waals surface area (Å²) in [7, 11) is 0. The molecule has 1 aromatic rings. The minimum atomic E-state index is -0.462. The highest BCUT2D eigenvalue weighted by Gasteiger charge is 2.18. The molecule has 1 aromatic carbocycles. The number of hydrogen-bond donors (Lipinski definition) is 0. The summed E-state index contributed by atoms with van der Waals surface area (Å²) >= 11 is 0. The lowest BCUT2D eigenvalue weighted by Gasteiger charge is -2.13. The van der Waals surface area contributed by atoms with Crippen molar-refractivity contribution < 1.29 is 13.9 Å². The molecule has 0 unspecified atom stereocenters. The molecule has 0 saturated heterocycles. The highest BCUT2D eigenvalue weighted by Crippen LogP contribution is 2.20. The second-order valence-electron chi connectivity index (χ2n) is 3.93. The highest BCUT2D eigenvalue weighted by molar-refractivity contribution is 6.08. The van der Waals surface area contributed by atoms with Crippen molar-refractivity contribution >= 4 is 5.78 Å². The molecule has 1 heterocycles. The predicted molar refractivity (Wildman–Crippen MR) is 58.7 cm³/mol. The molecule has 0 amide bonds. The number of aryl methyl sites for hydroxylation is 1. The van der Waals surface area contributed by atoms with Crippen molar-refractivity contribution in [2.45, 2.75) is 19.8 Å². The van der Waals surface area contributed by atoms with E-state index in [0.717, 1.165) is 12.0 Å². The zero-order valence-electron chi connectivity index (χ0n) is 9.13. The molecule has 0 fully saturated rings. The van der Waals surface area contributed by atoms with E-state index in [4.69, 9.17) is 4.74 Å². The van der Waals surface area contributed by atoms with E-state index < -0.39 is 5.82 Å². The molecule has 84 valence electrons. The number of ketones is 1. The number of Topliss-reactive ketones (excluding diaryl/α,β-unsaturated/α-hetero) is 1. The van der Waals surface area contributed by atoms with Gasteiger partial charge in [0.2, 0.25) is 0 Å². The molecule has 0 radical (unpaired) electrons. The van der Waals surface area contributed by atoms with Crippen LogP contribution in [0.2, 0.25) is 0 Å². The van der Waals surface area contributed by atoms with E-state index in [2.05, 4.69) is 0 Å². The van der Waals surface area contributed by atoms with Gasteiger partial charge in [0.15, 0.2) is 5.78 Å². The number of ether oxygens (including phenoxy) is 1. The molecule has 0 bridgehead atoms. The number of carbonyl (C=O) groups is 1. The van der Waals surface area contributed by atoms with E-state index in [1.807, 2.05) is 0 Å². The van der Waals surface area contributed by atoms with Crippen molar-refractivity contribution in [3.05, 3.63) is 47.0 Å². The average Bonchev–Trinajstić information content (AvgIpc) is 2.29. The summed E-state index contributed by atoms with van der Waals surface area (Å²) in [5, 5.41) is 0. The van der Waals surface area contributed by atoms with Crippen molar-refractivity contribution in [3.8, 4) is 0 Å². The van der Waals surface area contributed by atoms with Gasteiger partial charge in [-0.3, -0.25) is 4.79 Å². The van der Waals surface area contributed by atoms with Gasteiger partial charge in [-0.25, -0.2) is 4.39 Å². The molecular formula is C13H13FO2. The van der Waals surface area contributed by atoms with Crippen LogP contribution in [0, 0.1) is 12.7 Å². The monoisotopic (exact) mass is 220 g/mol. The molecule has 0 N–H and O–H groups in total. The number of carbonyl (C=O) groups excluding carboxylic acids is 1. The lowest BCUT2D eigenvalue weighted by Crippen LogP contribution is -2.11. The molecule has 16 heavy (non-hydrogen) atoms. The van der Waals surface area contributed by atoms with Crippen LogP contribution in [0.3, 0.4) is 0 Å². The van der Waals surface area contributed by atoms with Gasteiger partial charge in [0, 0.05) is 5.57 Å².